The summed E-state index contributed by atoms with van der Waals surface area (Å²) >= 11 is 1.81. The maximum atomic E-state index is 5.34. The maximum Gasteiger partial charge on any atom is 0.147 e. The molecule has 0 bridgehead atoms. The van der Waals surface area contributed by atoms with Crippen molar-refractivity contribution in [3.8, 4) is 39.3 Å². The van der Waals surface area contributed by atoms with Gasteiger partial charge in [0.05, 0.1) is 16.7 Å². The zero-order chi connectivity index (χ0) is 28.8. The van der Waals surface area contributed by atoms with Crippen LogP contribution in [0.3, 0.4) is 0 Å². The summed E-state index contributed by atoms with van der Waals surface area (Å²) in [6, 6.07) is 41.5. The second kappa shape index (κ2) is 10.7. The van der Waals surface area contributed by atoms with Crippen LogP contribution in [0.5, 0.6) is 0 Å². The number of fused-ring (bicyclic) bond motifs is 2. The van der Waals surface area contributed by atoms with Gasteiger partial charge in [0.1, 0.15) is 5.82 Å². The number of aromatic nitrogens is 2. The Balaban J connectivity index is 1.54. The van der Waals surface area contributed by atoms with Gasteiger partial charge >= 0.3 is 0 Å². The lowest BCUT2D eigenvalue weighted by Crippen LogP contribution is -2.09. The van der Waals surface area contributed by atoms with Crippen molar-refractivity contribution in [1.82, 2.24) is 9.55 Å². The minimum atomic E-state index is 0.332. The Morgan fingerprint density at radius 2 is 1.21 bits per heavy atom. The third kappa shape index (κ3) is 4.45. The largest absolute Gasteiger partial charge is 0.292 e. The fraction of sp³-hybridized carbons (Fsp3) is 0.154. The number of nitrogens with zero attached hydrogens (tertiary/aromatic N) is 2. The van der Waals surface area contributed by atoms with Crippen LogP contribution in [0, 0.1) is 0 Å². The van der Waals surface area contributed by atoms with Crippen molar-refractivity contribution < 1.29 is 0 Å². The summed E-state index contributed by atoms with van der Waals surface area (Å²) < 4.78 is 3.75. The first-order valence-corrected chi connectivity index (χ1v) is 15.7. The molecule has 2 heterocycles. The summed E-state index contributed by atoms with van der Waals surface area (Å²) in [5, 5.41) is 3.55. The Labute approximate surface area is 251 Å². The standard InChI is InChI=1S/C39H34N2S/c1-25(2)32-22-29(27-14-7-5-8-15-27)23-33(26(3)4)37(32)41-36-21-12-11-20-35(36)40-39(41)34-24-42-38-30(18-13-19-31(34)38)28-16-9-6-10-17-28/h5-26H,1-4H3. The van der Waals surface area contributed by atoms with E-state index in [2.05, 4.69) is 153 Å². The highest BCUT2D eigenvalue weighted by Gasteiger charge is 2.25. The van der Waals surface area contributed by atoms with Crippen molar-refractivity contribution in [3.05, 3.63) is 132 Å². The Morgan fingerprint density at radius 1 is 0.595 bits per heavy atom. The lowest BCUT2D eigenvalue weighted by molar-refractivity contribution is 0.812. The quantitative estimate of drug-likeness (QED) is 0.197. The molecule has 0 aliphatic carbocycles. The van der Waals surface area contributed by atoms with E-state index in [-0.39, 0.29) is 0 Å². The first-order chi connectivity index (χ1) is 20.5. The Kier molecular flexibility index (Phi) is 6.76. The average molecular weight is 563 g/mol. The van der Waals surface area contributed by atoms with E-state index in [1.807, 2.05) is 11.3 Å². The normalized spacial score (nSPS) is 11.8. The molecule has 206 valence electrons. The molecule has 0 unspecified atom stereocenters. The molecular formula is C39H34N2S. The SMILES string of the molecule is CC(C)c1cc(-c2ccccc2)cc(C(C)C)c1-n1c(-c2csc3c(-c4ccccc4)cccc23)nc2ccccc21. The second-order valence-electron chi connectivity index (χ2n) is 11.6. The van der Waals surface area contributed by atoms with Gasteiger partial charge in [0.25, 0.3) is 0 Å². The number of para-hydroxylation sites is 2. The minimum Gasteiger partial charge on any atom is -0.292 e. The third-order valence-electron chi connectivity index (χ3n) is 8.23. The molecule has 0 N–H and O–H groups in total. The molecule has 0 atom stereocenters. The van der Waals surface area contributed by atoms with E-state index in [0.717, 1.165) is 16.9 Å². The summed E-state index contributed by atoms with van der Waals surface area (Å²) in [6.45, 7) is 9.23. The summed E-state index contributed by atoms with van der Waals surface area (Å²) in [4.78, 5) is 5.34. The van der Waals surface area contributed by atoms with E-state index in [1.54, 1.807) is 0 Å². The first-order valence-electron chi connectivity index (χ1n) is 14.8. The van der Waals surface area contributed by atoms with Crippen LogP contribution in [0.15, 0.2) is 121 Å². The molecule has 0 radical (unpaired) electrons. The molecule has 3 heteroatoms. The van der Waals surface area contributed by atoms with Crippen LogP contribution in [-0.2, 0) is 0 Å². The maximum absolute atomic E-state index is 5.34. The van der Waals surface area contributed by atoms with E-state index in [0.29, 0.717) is 11.8 Å². The van der Waals surface area contributed by atoms with Gasteiger partial charge in [0, 0.05) is 21.0 Å². The zero-order valence-electron chi connectivity index (χ0n) is 24.5. The van der Waals surface area contributed by atoms with Gasteiger partial charge in [-0.25, -0.2) is 4.98 Å². The van der Waals surface area contributed by atoms with Gasteiger partial charge < -0.3 is 0 Å². The predicted octanol–water partition coefficient (Wildman–Crippen LogP) is 11.5. The molecule has 2 nitrogen and oxygen atoms in total. The van der Waals surface area contributed by atoms with Gasteiger partial charge in [-0.2, -0.15) is 0 Å². The molecule has 0 fully saturated rings. The van der Waals surface area contributed by atoms with Gasteiger partial charge in [-0.05, 0) is 69.5 Å². The average Bonchev–Trinajstić information content (AvgIpc) is 3.62. The molecule has 2 aromatic heterocycles. The summed E-state index contributed by atoms with van der Waals surface area (Å²) in [5.74, 6) is 1.67. The molecular weight excluding hydrogens is 529 g/mol. The number of rotatable bonds is 6. The van der Waals surface area contributed by atoms with Crippen molar-refractivity contribution in [2.75, 3.05) is 0 Å². The van der Waals surface area contributed by atoms with Crippen molar-refractivity contribution in [2.45, 2.75) is 39.5 Å². The predicted molar refractivity (Wildman–Crippen MR) is 181 cm³/mol. The van der Waals surface area contributed by atoms with Crippen LogP contribution in [0.25, 0.3) is 60.4 Å². The Bertz CT molecular complexity index is 2000. The molecule has 0 saturated heterocycles. The van der Waals surface area contributed by atoms with E-state index >= 15 is 0 Å². The molecule has 42 heavy (non-hydrogen) atoms. The van der Waals surface area contributed by atoms with Crippen LogP contribution in [0.2, 0.25) is 0 Å². The highest BCUT2D eigenvalue weighted by Crippen LogP contribution is 2.44. The molecule has 0 spiro atoms. The van der Waals surface area contributed by atoms with Gasteiger partial charge in [-0.15, -0.1) is 11.3 Å². The molecule has 7 aromatic rings. The van der Waals surface area contributed by atoms with Crippen molar-refractivity contribution in [1.29, 1.82) is 0 Å². The van der Waals surface area contributed by atoms with Gasteiger partial charge in [0.2, 0.25) is 0 Å². The number of benzene rings is 5. The van der Waals surface area contributed by atoms with Crippen molar-refractivity contribution in [3.63, 3.8) is 0 Å². The highest BCUT2D eigenvalue weighted by molar-refractivity contribution is 7.18. The van der Waals surface area contributed by atoms with Crippen LogP contribution in [-0.4, -0.2) is 9.55 Å². The number of imidazole rings is 1. The third-order valence-corrected chi connectivity index (χ3v) is 9.26. The van der Waals surface area contributed by atoms with E-state index in [4.69, 9.17) is 4.98 Å². The molecule has 0 amide bonds. The summed E-state index contributed by atoms with van der Waals surface area (Å²) in [7, 11) is 0. The molecule has 0 aliphatic heterocycles. The Hall–Kier alpha value is -4.47. The smallest absolute Gasteiger partial charge is 0.147 e. The fourth-order valence-corrected chi connectivity index (χ4v) is 7.21. The van der Waals surface area contributed by atoms with Gasteiger partial charge in [0.15, 0.2) is 0 Å². The van der Waals surface area contributed by atoms with E-state index in [1.165, 1.54) is 54.7 Å². The minimum absolute atomic E-state index is 0.332. The van der Waals surface area contributed by atoms with Crippen LogP contribution in [0.4, 0.5) is 0 Å². The summed E-state index contributed by atoms with van der Waals surface area (Å²) in [5.41, 5.74) is 12.3. The van der Waals surface area contributed by atoms with E-state index < -0.39 is 0 Å². The van der Waals surface area contributed by atoms with Gasteiger partial charge in [-0.3, -0.25) is 4.57 Å². The molecule has 0 aliphatic rings. The van der Waals surface area contributed by atoms with Crippen molar-refractivity contribution in [2.24, 2.45) is 0 Å². The fourth-order valence-electron chi connectivity index (χ4n) is 6.12. The lowest BCUT2D eigenvalue weighted by atomic mass is 9.88. The molecule has 7 rings (SSSR count). The molecule has 0 saturated carbocycles. The van der Waals surface area contributed by atoms with Gasteiger partial charge in [-0.1, -0.05) is 119 Å². The lowest BCUT2D eigenvalue weighted by Gasteiger charge is -2.24. The number of hydrogen-bond acceptors (Lipinski definition) is 2. The summed E-state index contributed by atoms with van der Waals surface area (Å²) in [6.07, 6.45) is 0. The second-order valence-corrected chi connectivity index (χ2v) is 12.5. The zero-order valence-corrected chi connectivity index (χ0v) is 25.3. The number of hydrogen-bond donors (Lipinski definition) is 0. The topological polar surface area (TPSA) is 17.8 Å². The highest BCUT2D eigenvalue weighted by atomic mass is 32.1. The van der Waals surface area contributed by atoms with E-state index in [9.17, 15) is 0 Å². The van der Waals surface area contributed by atoms with Crippen LogP contribution >= 0.6 is 11.3 Å². The number of thiophene rings is 1. The Morgan fingerprint density at radius 3 is 1.88 bits per heavy atom. The van der Waals surface area contributed by atoms with Crippen LogP contribution in [0.1, 0.15) is 50.7 Å². The molecule has 5 aromatic carbocycles. The first kappa shape index (κ1) is 26.4. The monoisotopic (exact) mass is 562 g/mol. The van der Waals surface area contributed by atoms with Crippen molar-refractivity contribution >= 4 is 32.5 Å². The van der Waals surface area contributed by atoms with Crippen LogP contribution < -0.4 is 0 Å².